The average molecular weight is 1380 g/mol. The Bertz CT molecular complexity index is 2990. The fraction of sp³-hybridized carbons (Fsp3) is 0.591. The van der Waals surface area contributed by atoms with Gasteiger partial charge in [-0.2, -0.15) is 52.7 Å². The van der Waals surface area contributed by atoms with Crippen LogP contribution in [0.15, 0.2) is 72.8 Å². The molecule has 0 unspecified atom stereocenters. The number of benzene rings is 4. The number of ether oxygens (including phenoxy) is 4. The van der Waals surface area contributed by atoms with Crippen LogP contribution in [0.5, 0.6) is 0 Å². The van der Waals surface area contributed by atoms with Crippen LogP contribution in [0.2, 0.25) is 0 Å². The van der Waals surface area contributed by atoms with Crippen LogP contribution in [0.25, 0.3) is 0 Å². The number of rotatable bonds is 19. The molecule has 2 saturated heterocycles. The van der Waals surface area contributed by atoms with E-state index in [1.807, 2.05) is 113 Å². The predicted octanol–water partition coefficient (Wildman–Crippen LogP) is 15.7. The van der Waals surface area contributed by atoms with E-state index in [1.54, 1.807) is 32.0 Å². The molecule has 0 radical (unpaired) electrons. The van der Waals surface area contributed by atoms with Gasteiger partial charge in [-0.1, -0.05) is 111 Å². The number of alkyl halides is 12. The molecule has 0 saturated carbocycles. The molecule has 0 aliphatic carbocycles. The van der Waals surface area contributed by atoms with Crippen LogP contribution in [0, 0.1) is 47.0 Å². The van der Waals surface area contributed by atoms with E-state index in [2.05, 4.69) is 56.9 Å². The predicted molar refractivity (Wildman–Crippen MR) is 324 cm³/mol. The quantitative estimate of drug-likeness (QED) is 0.0324. The minimum Gasteiger partial charge on any atom is -0.400 e. The van der Waals surface area contributed by atoms with Crippen molar-refractivity contribution in [2.24, 2.45) is 0 Å². The second-order valence-electron chi connectivity index (χ2n) is 24.4. The van der Waals surface area contributed by atoms with E-state index in [1.165, 1.54) is 12.0 Å². The van der Waals surface area contributed by atoms with E-state index in [9.17, 15) is 52.7 Å². The summed E-state index contributed by atoms with van der Waals surface area (Å²) in [4.78, 5) is 0. The molecular weight excluding hydrogens is 1290 g/mol. The molecule has 2 aliphatic rings. The van der Waals surface area contributed by atoms with E-state index >= 15 is 0 Å². The van der Waals surface area contributed by atoms with Gasteiger partial charge in [-0.15, -0.1) is 0 Å². The third-order valence-corrected chi connectivity index (χ3v) is 18.4. The van der Waals surface area contributed by atoms with Crippen LogP contribution >= 0.6 is 0 Å². The summed E-state index contributed by atoms with van der Waals surface area (Å²) in [6.45, 7) is 29.1. The van der Waals surface area contributed by atoms with Gasteiger partial charge < -0.3 is 50.1 Å². The molecule has 2 heterocycles. The van der Waals surface area contributed by atoms with Crippen LogP contribution in [-0.4, -0.2) is 113 Å². The van der Waals surface area contributed by atoms with Crippen molar-refractivity contribution in [3.63, 3.8) is 0 Å². The molecular formula is C66H89B2F12O9Pd-. The molecule has 6 rings (SSSR count). The zero-order chi connectivity index (χ0) is 67.3. The van der Waals surface area contributed by atoms with E-state index in [0.717, 1.165) is 78.5 Å². The number of aliphatic hydroxyl groups is 1. The molecule has 0 atom stereocenters. The summed E-state index contributed by atoms with van der Waals surface area (Å²) in [6, 6.07) is 22.5. The number of hydrogen-bond acceptors (Lipinski definition) is 9. The Kier molecular flexibility index (Phi) is 27.9. The fourth-order valence-electron chi connectivity index (χ4n) is 11.2. The van der Waals surface area contributed by atoms with Crippen LogP contribution in [0.3, 0.4) is 0 Å². The normalized spacial score (nSPS) is 16.6. The maximum atomic E-state index is 13.8. The summed E-state index contributed by atoms with van der Waals surface area (Å²) in [6.07, 6.45) is -22.0. The van der Waals surface area contributed by atoms with Crippen LogP contribution < -0.4 is 10.9 Å². The van der Waals surface area contributed by atoms with Gasteiger partial charge in [0.05, 0.1) is 22.4 Å². The molecule has 0 aromatic heterocycles. The minimum atomic E-state index is -5.85. The van der Waals surface area contributed by atoms with Crippen molar-refractivity contribution < 1.29 is 116 Å². The van der Waals surface area contributed by atoms with Gasteiger partial charge in [0, 0.05) is 58.1 Å². The van der Waals surface area contributed by atoms with E-state index in [4.69, 9.17) is 23.7 Å². The third kappa shape index (κ3) is 16.4. The zero-order valence-electron chi connectivity index (χ0n) is 55.3. The Hall–Kier alpha value is -3.97. The van der Waals surface area contributed by atoms with E-state index in [0.29, 0.717) is 29.5 Å². The first-order chi connectivity index (χ1) is 40.4. The number of hydrogen-bond donors (Lipinski definition) is 1. The summed E-state index contributed by atoms with van der Waals surface area (Å²) in [5.41, 5.74) is -2.69. The molecule has 90 heavy (non-hydrogen) atoms. The number of aliphatic hydroxyl groups excluding tert-OH is 1. The summed E-state index contributed by atoms with van der Waals surface area (Å²) >= 11 is 0. The van der Waals surface area contributed by atoms with Gasteiger partial charge in [0.15, 0.2) is 0 Å². The maximum Gasteiger partial charge on any atom is 0.495 e. The monoisotopic (exact) mass is 1380 g/mol. The van der Waals surface area contributed by atoms with Crippen molar-refractivity contribution in [1.82, 2.24) is 0 Å². The number of aryl methyl sites for hydroxylation is 5. The largest absolute Gasteiger partial charge is 0.495 e. The molecule has 2 fully saturated rings. The van der Waals surface area contributed by atoms with Crippen LogP contribution in [0.4, 0.5) is 52.7 Å². The summed E-state index contributed by atoms with van der Waals surface area (Å²) in [7, 11) is 1.87. The number of methoxy groups -OCH3 is 2. The van der Waals surface area contributed by atoms with Gasteiger partial charge in [0.25, 0.3) is 5.60 Å². The first-order valence-corrected chi connectivity index (χ1v) is 29.1. The molecule has 508 valence electrons. The summed E-state index contributed by atoms with van der Waals surface area (Å²) < 4.78 is 207. The van der Waals surface area contributed by atoms with E-state index < -0.39 is 110 Å². The molecule has 0 bridgehead atoms. The number of halogens is 12. The first-order valence-electron chi connectivity index (χ1n) is 29.1. The van der Waals surface area contributed by atoms with Gasteiger partial charge in [-0.05, 0) is 183 Å². The van der Waals surface area contributed by atoms with Gasteiger partial charge in [-0.25, -0.2) is 0 Å². The summed E-state index contributed by atoms with van der Waals surface area (Å²) in [5, 5.41) is 7.00. The Morgan fingerprint density at radius 2 is 0.789 bits per heavy atom. The Morgan fingerprint density at radius 1 is 0.467 bits per heavy atom. The van der Waals surface area contributed by atoms with Gasteiger partial charge >= 0.3 is 44.5 Å². The Labute approximate surface area is 539 Å². The molecule has 9 nitrogen and oxygen atoms in total. The molecule has 0 amide bonds. The molecule has 2 aliphatic heterocycles. The Morgan fingerprint density at radius 3 is 1.09 bits per heavy atom. The topological polar surface area (TPSA) is 94.1 Å². The van der Waals surface area contributed by atoms with Crippen molar-refractivity contribution >= 4 is 25.2 Å². The van der Waals surface area contributed by atoms with Crippen molar-refractivity contribution in [3.05, 3.63) is 136 Å². The standard InChI is InChI=1S/C32H43BF6O4.C32H39BF6O4.CH4O.CH3.Pd/c2*1-10-29(11-2,25-14-15-26(22(4)19-25)33-42-27(5,6)28(7,8)43-33)24-13-12-23(21(3)18-24)16-17-30(31(34,35)36,32(37,38)39)41-20-40-9;1-2;;/h12-15,18-19H,10-11,16-17,20H2,1-9H3;12-15,18-19H,10-11,20H2,1-9H3;2H,1H3;1H3;/q;;;-1;. The molecule has 0 spiro atoms. The second-order valence-corrected chi connectivity index (χ2v) is 24.4. The van der Waals surface area contributed by atoms with Crippen LogP contribution in [-0.2, 0) is 75.2 Å². The first kappa shape index (κ1) is 82.1. The van der Waals surface area contributed by atoms with Crippen molar-refractivity contribution in [2.75, 3.05) is 34.9 Å². The molecule has 1 N–H and O–H groups in total. The van der Waals surface area contributed by atoms with Crippen molar-refractivity contribution in [2.45, 2.75) is 218 Å². The minimum absolute atomic E-state index is 0. The summed E-state index contributed by atoms with van der Waals surface area (Å²) in [5.74, 6) is 3.44. The van der Waals surface area contributed by atoms with Crippen LogP contribution in [0.1, 0.15) is 171 Å². The second kappa shape index (κ2) is 30.6. The fourth-order valence-corrected chi connectivity index (χ4v) is 11.2. The Balaban J connectivity index is 0.000000584. The third-order valence-electron chi connectivity index (χ3n) is 18.4. The maximum absolute atomic E-state index is 13.8. The van der Waals surface area contributed by atoms with Crippen molar-refractivity contribution in [1.29, 1.82) is 0 Å². The molecule has 24 heteroatoms. The zero-order valence-corrected chi connectivity index (χ0v) is 56.9. The molecule has 4 aromatic rings. The average Bonchev–Trinajstić information content (AvgIpc) is 0.794. The van der Waals surface area contributed by atoms with Gasteiger partial charge in [0.2, 0.25) is 0 Å². The SMILES string of the molecule is CCC(CC)(c1ccc(C#CC(OCOC)(C(F)(F)F)C(F)(F)F)c(C)c1)c1ccc(B2OC(C)(C)C(C)(C)O2)c(C)c1.CCC(CC)(c1ccc(CCC(OCOC)(C(F)(F)F)C(F)(F)F)c(C)c1)c1ccc(B2OC(C)(C)C(C)(C)O2)c(C)c1.CO.[CH3-].[Pd]. The van der Waals surface area contributed by atoms with Crippen molar-refractivity contribution in [3.8, 4) is 11.8 Å². The van der Waals surface area contributed by atoms with Gasteiger partial charge in [-0.3, -0.25) is 0 Å². The molecule has 4 aromatic carbocycles. The smallest absolute Gasteiger partial charge is 0.400 e. The van der Waals surface area contributed by atoms with Gasteiger partial charge in [0.1, 0.15) is 13.6 Å². The van der Waals surface area contributed by atoms with E-state index in [-0.39, 0.29) is 33.4 Å².